The summed E-state index contributed by atoms with van der Waals surface area (Å²) < 4.78 is 11.1. The van der Waals surface area contributed by atoms with Crippen LogP contribution in [0.15, 0.2) is 0 Å². The molecule has 3 unspecified atom stereocenters. The largest absolute Gasteiger partial charge is 0.355 e. The quantitative estimate of drug-likeness (QED) is 0.853. The first-order valence-electron chi connectivity index (χ1n) is 7.67. The Balaban J connectivity index is 2.18. The van der Waals surface area contributed by atoms with Crippen molar-refractivity contribution >= 4 is 5.91 Å². The number of nitrogens with two attached hydrogens (primary N) is 1. The molecule has 0 aromatic carbocycles. The van der Waals surface area contributed by atoms with E-state index in [0.717, 1.165) is 32.3 Å². The van der Waals surface area contributed by atoms with Crippen LogP contribution in [0, 0.1) is 5.92 Å². The molecule has 116 valence electrons. The van der Waals surface area contributed by atoms with Gasteiger partial charge in [0.15, 0.2) is 0 Å². The van der Waals surface area contributed by atoms with E-state index in [2.05, 4.69) is 13.8 Å². The molecular formula is C15H28N2O3. The van der Waals surface area contributed by atoms with Gasteiger partial charge in [0, 0.05) is 24.4 Å². The lowest BCUT2D eigenvalue weighted by Crippen LogP contribution is -2.62. The van der Waals surface area contributed by atoms with Gasteiger partial charge in [0.25, 0.3) is 0 Å². The fourth-order valence-corrected chi connectivity index (χ4v) is 4.07. The highest BCUT2D eigenvalue weighted by Crippen LogP contribution is 2.41. The smallest absolute Gasteiger partial charge is 0.220 e. The summed E-state index contributed by atoms with van der Waals surface area (Å²) in [6.45, 7) is 7.76. The molecule has 0 aromatic heterocycles. The van der Waals surface area contributed by atoms with Gasteiger partial charge in [-0.1, -0.05) is 0 Å². The highest BCUT2D eigenvalue weighted by Gasteiger charge is 2.47. The molecule has 5 nitrogen and oxygen atoms in total. The number of carbonyl (C=O) groups is 1. The van der Waals surface area contributed by atoms with E-state index in [1.807, 2.05) is 4.90 Å². The number of hydrogen-bond acceptors (Lipinski definition) is 4. The Morgan fingerprint density at radius 3 is 2.65 bits per heavy atom. The summed E-state index contributed by atoms with van der Waals surface area (Å²) in [7, 11) is 0. The third-order valence-electron chi connectivity index (χ3n) is 4.90. The van der Waals surface area contributed by atoms with E-state index >= 15 is 0 Å². The van der Waals surface area contributed by atoms with Gasteiger partial charge in [0.05, 0.1) is 12.7 Å². The van der Waals surface area contributed by atoms with E-state index in [1.165, 1.54) is 0 Å². The minimum absolute atomic E-state index is 0.144. The van der Waals surface area contributed by atoms with E-state index < -0.39 is 0 Å². The van der Waals surface area contributed by atoms with Crippen LogP contribution in [0.2, 0.25) is 0 Å². The van der Waals surface area contributed by atoms with Crippen LogP contribution in [-0.2, 0) is 14.3 Å². The zero-order valence-electron chi connectivity index (χ0n) is 12.9. The van der Waals surface area contributed by atoms with E-state index in [4.69, 9.17) is 15.2 Å². The molecule has 2 saturated heterocycles. The van der Waals surface area contributed by atoms with Gasteiger partial charge in [-0.2, -0.15) is 0 Å². The van der Waals surface area contributed by atoms with E-state index in [9.17, 15) is 4.79 Å². The molecule has 0 spiro atoms. The van der Waals surface area contributed by atoms with Crippen LogP contribution in [0.1, 0.15) is 46.5 Å². The van der Waals surface area contributed by atoms with Crippen molar-refractivity contribution in [3.8, 4) is 0 Å². The third kappa shape index (κ3) is 3.00. The van der Waals surface area contributed by atoms with Gasteiger partial charge in [-0.3, -0.25) is 4.79 Å². The van der Waals surface area contributed by atoms with E-state index in [-0.39, 0.29) is 23.6 Å². The topological polar surface area (TPSA) is 64.8 Å². The number of ether oxygens (including phenoxy) is 2. The zero-order chi connectivity index (χ0) is 14.8. The first-order chi connectivity index (χ1) is 9.48. The van der Waals surface area contributed by atoms with Gasteiger partial charge in [-0.05, 0) is 46.1 Å². The van der Waals surface area contributed by atoms with E-state index in [1.54, 1.807) is 6.92 Å². The highest BCUT2D eigenvalue weighted by molar-refractivity contribution is 5.74. The van der Waals surface area contributed by atoms with Gasteiger partial charge in [0.1, 0.15) is 6.79 Å². The molecule has 1 amide bonds. The Kier molecular flexibility index (Phi) is 5.04. The molecule has 2 aliphatic heterocycles. The second-order valence-corrected chi connectivity index (χ2v) is 6.48. The summed E-state index contributed by atoms with van der Waals surface area (Å²) in [5.74, 6) is 0.509. The highest BCUT2D eigenvalue weighted by atomic mass is 16.7. The Bertz CT molecular complexity index is 340. The lowest BCUT2D eigenvalue weighted by Gasteiger charge is -2.54. The van der Waals surface area contributed by atoms with Crippen molar-refractivity contribution < 1.29 is 14.3 Å². The van der Waals surface area contributed by atoms with Crippen LogP contribution in [0.4, 0.5) is 0 Å². The molecule has 0 saturated carbocycles. The van der Waals surface area contributed by atoms with E-state index in [0.29, 0.717) is 19.3 Å². The normalized spacial score (nSPS) is 34.0. The van der Waals surface area contributed by atoms with Crippen molar-refractivity contribution in [3.63, 3.8) is 0 Å². The first-order valence-corrected chi connectivity index (χ1v) is 7.67. The molecule has 2 N–H and O–H groups in total. The Morgan fingerprint density at radius 1 is 1.35 bits per heavy atom. The van der Waals surface area contributed by atoms with Crippen LogP contribution in [0.5, 0.6) is 0 Å². The predicted octanol–water partition coefficient (Wildman–Crippen LogP) is 1.50. The molecule has 2 rings (SSSR count). The lowest BCUT2D eigenvalue weighted by molar-refractivity contribution is -0.186. The molecular weight excluding hydrogens is 256 g/mol. The summed E-state index contributed by atoms with van der Waals surface area (Å²) in [6, 6.07) is 0.267. The molecule has 5 heteroatoms. The average Bonchev–Trinajstić information content (AvgIpc) is 2.38. The van der Waals surface area contributed by atoms with Crippen LogP contribution in [0.25, 0.3) is 0 Å². The van der Waals surface area contributed by atoms with Crippen LogP contribution < -0.4 is 5.73 Å². The maximum absolute atomic E-state index is 12.1. The van der Waals surface area contributed by atoms with Crippen molar-refractivity contribution in [2.24, 2.45) is 11.7 Å². The first kappa shape index (κ1) is 15.7. The van der Waals surface area contributed by atoms with Gasteiger partial charge >= 0.3 is 0 Å². The molecule has 2 fully saturated rings. The second-order valence-electron chi connectivity index (χ2n) is 6.48. The average molecular weight is 284 g/mol. The fourth-order valence-electron chi connectivity index (χ4n) is 4.07. The van der Waals surface area contributed by atoms with Crippen molar-refractivity contribution in [1.29, 1.82) is 0 Å². The summed E-state index contributed by atoms with van der Waals surface area (Å²) in [6.07, 6.45) is 4.10. The molecule has 20 heavy (non-hydrogen) atoms. The van der Waals surface area contributed by atoms with Crippen LogP contribution in [0.3, 0.4) is 0 Å². The third-order valence-corrected chi connectivity index (χ3v) is 4.90. The number of amides is 1. The molecule has 0 aliphatic carbocycles. The monoisotopic (exact) mass is 284 g/mol. The number of hydrogen-bond donors (Lipinski definition) is 1. The predicted molar refractivity (Wildman–Crippen MR) is 77.1 cm³/mol. The summed E-state index contributed by atoms with van der Waals surface area (Å²) in [5.41, 5.74) is 5.52. The SMILES string of the molecule is CC(=O)N1C(CCN)CCC(C2CCOCO2)C1(C)C. The Hall–Kier alpha value is -0.650. The van der Waals surface area contributed by atoms with Gasteiger partial charge in [-0.15, -0.1) is 0 Å². The van der Waals surface area contributed by atoms with Gasteiger partial charge in [0.2, 0.25) is 5.91 Å². The summed E-state index contributed by atoms with van der Waals surface area (Å²) in [4.78, 5) is 14.2. The molecule has 3 atom stereocenters. The number of carbonyl (C=O) groups excluding carboxylic acids is 1. The molecule has 0 bridgehead atoms. The molecule has 0 aromatic rings. The van der Waals surface area contributed by atoms with Crippen molar-refractivity contribution in [2.45, 2.75) is 64.1 Å². The van der Waals surface area contributed by atoms with Gasteiger partial charge in [-0.25, -0.2) is 0 Å². The van der Waals surface area contributed by atoms with Crippen molar-refractivity contribution in [2.75, 3.05) is 19.9 Å². The van der Waals surface area contributed by atoms with Crippen molar-refractivity contribution in [1.82, 2.24) is 4.90 Å². The summed E-state index contributed by atoms with van der Waals surface area (Å²) in [5, 5.41) is 0. The Morgan fingerprint density at radius 2 is 2.10 bits per heavy atom. The number of piperidine rings is 1. The summed E-state index contributed by atoms with van der Waals surface area (Å²) >= 11 is 0. The maximum Gasteiger partial charge on any atom is 0.220 e. The van der Waals surface area contributed by atoms with Crippen molar-refractivity contribution in [3.05, 3.63) is 0 Å². The number of rotatable bonds is 3. The zero-order valence-corrected chi connectivity index (χ0v) is 12.9. The molecule has 2 heterocycles. The van der Waals surface area contributed by atoms with Crippen LogP contribution in [-0.4, -0.2) is 48.4 Å². The maximum atomic E-state index is 12.1. The minimum atomic E-state index is -0.189. The van der Waals surface area contributed by atoms with Crippen LogP contribution >= 0.6 is 0 Å². The fraction of sp³-hybridized carbons (Fsp3) is 0.933. The standard InChI is InChI=1S/C15H28N2O3/c1-11(18)17-12(6-8-16)4-5-13(15(17,2)3)14-7-9-19-10-20-14/h12-14H,4-10,16H2,1-3H3. The minimum Gasteiger partial charge on any atom is -0.355 e. The number of nitrogens with zero attached hydrogens (tertiary/aromatic N) is 1. The van der Waals surface area contributed by atoms with Gasteiger partial charge < -0.3 is 20.1 Å². The lowest BCUT2D eigenvalue weighted by atomic mass is 9.72. The second kappa shape index (κ2) is 6.41. The number of likely N-dealkylation sites (tertiary alicyclic amines) is 1. The Labute approximate surface area is 121 Å². The molecule has 2 aliphatic rings. The molecule has 0 radical (unpaired) electrons.